The molecule has 3 rings (SSSR count). The van der Waals surface area contributed by atoms with E-state index < -0.39 is 17.5 Å². The highest BCUT2D eigenvalue weighted by Gasteiger charge is 2.31. The van der Waals surface area contributed by atoms with Crippen molar-refractivity contribution < 1.29 is 13.2 Å². The van der Waals surface area contributed by atoms with Crippen molar-refractivity contribution in [2.75, 3.05) is 5.73 Å². The summed E-state index contributed by atoms with van der Waals surface area (Å²) in [5.41, 5.74) is 6.32. The average Bonchev–Trinajstić information content (AvgIpc) is 3.23. The first-order valence-corrected chi connectivity index (χ1v) is 6.47. The van der Waals surface area contributed by atoms with Crippen LogP contribution in [0, 0.1) is 29.8 Å². The number of benzene rings is 1. The van der Waals surface area contributed by atoms with E-state index in [1.165, 1.54) is 0 Å². The fourth-order valence-corrected chi connectivity index (χ4v) is 2.30. The lowest BCUT2D eigenvalue weighted by Gasteiger charge is -2.05. The number of halogens is 3. The van der Waals surface area contributed by atoms with Gasteiger partial charge in [-0.05, 0) is 25.0 Å². The Morgan fingerprint density at radius 1 is 1.29 bits per heavy atom. The van der Waals surface area contributed by atoms with Crippen LogP contribution in [0.1, 0.15) is 24.6 Å². The third-order valence-electron chi connectivity index (χ3n) is 3.49. The molecule has 108 valence electrons. The molecule has 0 unspecified atom stereocenters. The fraction of sp³-hybridized carbons (Fsp3) is 0.267. The molecule has 1 aliphatic carbocycles. The largest absolute Gasteiger partial charge is 0.383 e. The third kappa shape index (κ3) is 2.25. The van der Waals surface area contributed by atoms with Gasteiger partial charge in [-0.2, -0.15) is 0 Å². The molecule has 2 aromatic rings. The van der Waals surface area contributed by atoms with Crippen molar-refractivity contribution >= 4 is 5.82 Å². The summed E-state index contributed by atoms with van der Waals surface area (Å²) in [5.74, 6) is -0.362. The number of nitrogens with zero attached hydrogens (tertiary/aromatic N) is 2. The monoisotopic (exact) mass is 291 g/mol. The molecule has 1 heterocycles. The quantitative estimate of drug-likeness (QED) is 0.697. The number of hydrogen-bond acceptors (Lipinski definition) is 2. The second kappa shape index (κ2) is 4.85. The summed E-state index contributed by atoms with van der Waals surface area (Å²) in [6.45, 7) is 0.233. The van der Waals surface area contributed by atoms with E-state index in [1.54, 1.807) is 4.57 Å². The van der Waals surface area contributed by atoms with Crippen LogP contribution < -0.4 is 5.73 Å². The van der Waals surface area contributed by atoms with Gasteiger partial charge in [-0.25, -0.2) is 18.2 Å². The number of rotatable bonds is 3. The topological polar surface area (TPSA) is 43.8 Å². The molecular formula is C15H12F3N3. The van der Waals surface area contributed by atoms with Gasteiger partial charge in [0.15, 0.2) is 17.5 Å². The predicted octanol–water partition coefficient (Wildman–Crippen LogP) is 3.06. The van der Waals surface area contributed by atoms with Crippen molar-refractivity contribution in [2.45, 2.75) is 25.3 Å². The Balaban J connectivity index is 2.15. The molecule has 3 nitrogen and oxygen atoms in total. The Morgan fingerprint density at radius 2 is 1.90 bits per heavy atom. The molecule has 1 aromatic heterocycles. The lowest BCUT2D eigenvalue weighted by Crippen LogP contribution is -2.05. The summed E-state index contributed by atoms with van der Waals surface area (Å²) >= 11 is 0. The number of nitrogens with two attached hydrogens (primary N) is 1. The Kier molecular flexibility index (Phi) is 3.13. The van der Waals surface area contributed by atoms with Crippen LogP contribution in [-0.4, -0.2) is 9.55 Å². The van der Waals surface area contributed by atoms with Crippen LogP contribution in [0.5, 0.6) is 0 Å². The van der Waals surface area contributed by atoms with Crippen LogP contribution in [-0.2, 0) is 6.54 Å². The van der Waals surface area contributed by atoms with Crippen LogP contribution in [0.3, 0.4) is 0 Å². The summed E-state index contributed by atoms with van der Waals surface area (Å²) in [6.07, 6.45) is 7.27. The zero-order valence-electron chi connectivity index (χ0n) is 11.0. The van der Waals surface area contributed by atoms with Crippen LogP contribution in [0.4, 0.5) is 19.0 Å². The Hall–Kier alpha value is -2.42. The van der Waals surface area contributed by atoms with Gasteiger partial charge in [0, 0.05) is 11.5 Å². The maximum Gasteiger partial charge on any atom is 0.194 e. The second-order valence-corrected chi connectivity index (χ2v) is 5.02. The van der Waals surface area contributed by atoms with Crippen molar-refractivity contribution in [3.05, 3.63) is 35.4 Å². The minimum Gasteiger partial charge on any atom is -0.383 e. The Labute approximate surface area is 119 Å². The zero-order chi connectivity index (χ0) is 15.1. The van der Waals surface area contributed by atoms with Gasteiger partial charge in [0.05, 0.1) is 6.54 Å². The number of nitrogen functional groups attached to an aromatic ring is 1. The molecule has 0 radical (unpaired) electrons. The van der Waals surface area contributed by atoms with Gasteiger partial charge >= 0.3 is 0 Å². The minimum atomic E-state index is -1.51. The molecule has 21 heavy (non-hydrogen) atoms. The van der Waals surface area contributed by atoms with Gasteiger partial charge in [-0.15, -0.1) is 6.42 Å². The first kappa shape index (κ1) is 13.6. The predicted molar refractivity (Wildman–Crippen MR) is 72.8 cm³/mol. The van der Waals surface area contributed by atoms with E-state index in [1.807, 2.05) is 0 Å². The van der Waals surface area contributed by atoms with Crippen molar-refractivity contribution in [2.24, 2.45) is 0 Å². The summed E-state index contributed by atoms with van der Waals surface area (Å²) in [5, 5.41) is 0. The summed E-state index contributed by atoms with van der Waals surface area (Å²) in [6, 6.07) is 1.77. The van der Waals surface area contributed by atoms with E-state index in [0.29, 0.717) is 5.82 Å². The minimum absolute atomic E-state index is 0.0987. The van der Waals surface area contributed by atoms with Gasteiger partial charge < -0.3 is 10.3 Å². The highest BCUT2D eigenvalue weighted by molar-refractivity contribution is 5.71. The molecule has 0 saturated heterocycles. The standard InChI is InChI=1S/C15H12F3N3/c1-2-5-21-14(19)13(20-15(21)8-3-4-8)9-6-10(16)12(18)11(17)7-9/h1,6-8H,3-5,19H2. The lowest BCUT2D eigenvalue weighted by atomic mass is 10.1. The molecular weight excluding hydrogens is 279 g/mol. The maximum absolute atomic E-state index is 13.4. The summed E-state index contributed by atoms with van der Waals surface area (Å²) in [7, 11) is 0. The first-order valence-electron chi connectivity index (χ1n) is 6.47. The Bertz CT molecular complexity index is 731. The van der Waals surface area contributed by atoms with E-state index in [4.69, 9.17) is 12.2 Å². The smallest absolute Gasteiger partial charge is 0.194 e. The first-order chi connectivity index (χ1) is 10.0. The highest BCUT2D eigenvalue weighted by Crippen LogP contribution is 2.42. The molecule has 1 fully saturated rings. The molecule has 1 aliphatic rings. The number of imidazole rings is 1. The zero-order valence-corrected chi connectivity index (χ0v) is 11.0. The van der Waals surface area contributed by atoms with Crippen molar-refractivity contribution in [3.63, 3.8) is 0 Å². The molecule has 2 N–H and O–H groups in total. The Morgan fingerprint density at radius 3 is 2.43 bits per heavy atom. The summed E-state index contributed by atoms with van der Waals surface area (Å²) in [4.78, 5) is 4.36. The van der Waals surface area contributed by atoms with Gasteiger partial charge in [-0.3, -0.25) is 0 Å². The molecule has 1 aromatic carbocycles. The maximum atomic E-state index is 13.4. The molecule has 1 saturated carbocycles. The van der Waals surface area contributed by atoms with Gasteiger partial charge in [0.1, 0.15) is 17.3 Å². The molecule has 0 bridgehead atoms. The van der Waals surface area contributed by atoms with Crippen molar-refractivity contribution in [1.29, 1.82) is 0 Å². The van der Waals surface area contributed by atoms with Crippen LogP contribution in [0.15, 0.2) is 12.1 Å². The summed E-state index contributed by atoms with van der Waals surface area (Å²) < 4.78 is 41.4. The molecule has 0 atom stereocenters. The fourth-order valence-electron chi connectivity index (χ4n) is 2.30. The van der Waals surface area contributed by atoms with Crippen molar-refractivity contribution in [1.82, 2.24) is 9.55 Å². The number of terminal acetylenes is 1. The molecule has 6 heteroatoms. The van der Waals surface area contributed by atoms with E-state index in [9.17, 15) is 13.2 Å². The molecule has 0 aliphatic heterocycles. The van der Waals surface area contributed by atoms with Crippen LogP contribution in [0.2, 0.25) is 0 Å². The number of aromatic nitrogens is 2. The SMILES string of the molecule is C#CCn1c(C2CC2)nc(-c2cc(F)c(F)c(F)c2)c1N. The molecule has 0 spiro atoms. The van der Waals surface area contributed by atoms with Crippen LogP contribution in [0.25, 0.3) is 11.3 Å². The van der Waals surface area contributed by atoms with Gasteiger partial charge in [-0.1, -0.05) is 5.92 Å². The van der Waals surface area contributed by atoms with E-state index in [2.05, 4.69) is 10.9 Å². The number of anilines is 1. The van der Waals surface area contributed by atoms with Gasteiger partial charge in [0.2, 0.25) is 0 Å². The van der Waals surface area contributed by atoms with E-state index >= 15 is 0 Å². The van der Waals surface area contributed by atoms with Gasteiger partial charge in [0.25, 0.3) is 0 Å². The third-order valence-corrected chi connectivity index (χ3v) is 3.49. The van der Waals surface area contributed by atoms with Crippen molar-refractivity contribution in [3.8, 4) is 23.6 Å². The van der Waals surface area contributed by atoms with E-state index in [0.717, 1.165) is 25.0 Å². The normalized spacial score (nSPS) is 14.2. The molecule has 0 amide bonds. The second-order valence-electron chi connectivity index (χ2n) is 5.02. The van der Waals surface area contributed by atoms with E-state index in [-0.39, 0.29) is 29.5 Å². The average molecular weight is 291 g/mol. The lowest BCUT2D eigenvalue weighted by molar-refractivity contribution is 0.447. The number of hydrogen-bond donors (Lipinski definition) is 1. The highest BCUT2D eigenvalue weighted by atomic mass is 19.2. The van der Waals surface area contributed by atoms with Crippen LogP contribution >= 0.6 is 0 Å².